The molecule has 2 heterocycles. The van der Waals surface area contributed by atoms with Crippen LogP contribution in [0.5, 0.6) is 5.75 Å². The Morgan fingerprint density at radius 3 is 3.04 bits per heavy atom. The van der Waals surface area contributed by atoms with Crippen molar-refractivity contribution in [3.8, 4) is 5.75 Å². The van der Waals surface area contributed by atoms with Crippen LogP contribution in [0.1, 0.15) is 11.3 Å². The van der Waals surface area contributed by atoms with Crippen molar-refractivity contribution in [3.63, 3.8) is 0 Å². The predicted octanol–water partition coefficient (Wildman–Crippen LogP) is 3.58. The molecule has 0 fully saturated rings. The van der Waals surface area contributed by atoms with Crippen LogP contribution >= 0.6 is 23.1 Å². The summed E-state index contributed by atoms with van der Waals surface area (Å²) in [6, 6.07) is 11.5. The molecular formula is C17H19N3O3S2. The molecule has 2 aromatic heterocycles. The van der Waals surface area contributed by atoms with E-state index >= 15 is 0 Å². The standard InChI is InChI=1S/C17H19N3O3S2/c1-12-4-2-5-14(8-12)23-10-13(21)11-24-17-20-19-16(25-17)18-9-15-6-3-7-22-15/h2-8,13,21H,9-11H2,1H3,(H,18,19)/t13-/m0/s1. The number of hydrogen-bond acceptors (Lipinski definition) is 8. The van der Waals surface area contributed by atoms with Crippen LogP contribution in [-0.2, 0) is 6.54 Å². The van der Waals surface area contributed by atoms with Crippen LogP contribution in [0.15, 0.2) is 51.4 Å². The van der Waals surface area contributed by atoms with E-state index in [9.17, 15) is 5.11 Å². The average molecular weight is 377 g/mol. The van der Waals surface area contributed by atoms with Crippen molar-refractivity contribution in [3.05, 3.63) is 54.0 Å². The molecule has 0 radical (unpaired) electrons. The van der Waals surface area contributed by atoms with Gasteiger partial charge in [0.05, 0.1) is 18.9 Å². The summed E-state index contributed by atoms with van der Waals surface area (Å²) in [5.74, 6) is 2.11. The summed E-state index contributed by atoms with van der Waals surface area (Å²) in [5, 5.41) is 22.1. The fourth-order valence-corrected chi connectivity index (χ4v) is 3.71. The van der Waals surface area contributed by atoms with E-state index < -0.39 is 6.10 Å². The monoisotopic (exact) mass is 377 g/mol. The molecule has 0 aliphatic heterocycles. The second-order valence-corrected chi connectivity index (χ2v) is 7.64. The van der Waals surface area contributed by atoms with Crippen molar-refractivity contribution in [1.29, 1.82) is 0 Å². The van der Waals surface area contributed by atoms with Crippen LogP contribution in [0.3, 0.4) is 0 Å². The van der Waals surface area contributed by atoms with E-state index in [0.717, 1.165) is 26.5 Å². The lowest BCUT2D eigenvalue weighted by Crippen LogP contribution is -2.20. The number of hydrogen-bond donors (Lipinski definition) is 2. The van der Waals surface area contributed by atoms with Crippen LogP contribution in [0.25, 0.3) is 0 Å². The number of aliphatic hydroxyl groups is 1. The predicted molar refractivity (Wildman–Crippen MR) is 99.3 cm³/mol. The number of thioether (sulfide) groups is 1. The molecule has 1 atom stereocenters. The number of aryl methyl sites for hydroxylation is 1. The third-order valence-electron chi connectivity index (χ3n) is 3.23. The molecular weight excluding hydrogens is 358 g/mol. The van der Waals surface area contributed by atoms with Crippen molar-refractivity contribution in [2.45, 2.75) is 23.9 Å². The summed E-state index contributed by atoms with van der Waals surface area (Å²) >= 11 is 2.91. The van der Waals surface area contributed by atoms with E-state index in [1.54, 1.807) is 6.26 Å². The van der Waals surface area contributed by atoms with Gasteiger partial charge in [-0.3, -0.25) is 0 Å². The summed E-state index contributed by atoms with van der Waals surface area (Å²) in [7, 11) is 0. The second kappa shape index (κ2) is 8.89. The first-order chi connectivity index (χ1) is 12.2. The van der Waals surface area contributed by atoms with Gasteiger partial charge in [-0.2, -0.15) is 0 Å². The lowest BCUT2D eigenvalue weighted by molar-refractivity contribution is 0.126. The van der Waals surface area contributed by atoms with Gasteiger partial charge in [0.25, 0.3) is 0 Å². The molecule has 0 amide bonds. The summed E-state index contributed by atoms with van der Waals surface area (Å²) in [6.07, 6.45) is 1.06. The Bertz CT molecular complexity index is 777. The molecule has 1 aromatic carbocycles. The third kappa shape index (κ3) is 5.77. The van der Waals surface area contributed by atoms with Gasteiger partial charge in [-0.25, -0.2) is 0 Å². The highest BCUT2D eigenvalue weighted by atomic mass is 32.2. The number of aromatic nitrogens is 2. The van der Waals surface area contributed by atoms with Crippen LogP contribution in [0, 0.1) is 6.92 Å². The fraction of sp³-hybridized carbons (Fsp3) is 0.294. The zero-order chi connectivity index (χ0) is 17.5. The summed E-state index contributed by atoms with van der Waals surface area (Å²) in [4.78, 5) is 0. The van der Waals surface area contributed by atoms with Crippen LogP contribution in [0.2, 0.25) is 0 Å². The van der Waals surface area contributed by atoms with Gasteiger partial charge >= 0.3 is 0 Å². The number of nitrogens with zero attached hydrogens (tertiary/aromatic N) is 2. The minimum Gasteiger partial charge on any atom is -0.491 e. The van der Waals surface area contributed by atoms with Gasteiger partial charge in [-0.05, 0) is 36.8 Å². The average Bonchev–Trinajstić information content (AvgIpc) is 3.28. The molecule has 0 saturated heterocycles. The van der Waals surface area contributed by atoms with E-state index in [0.29, 0.717) is 12.3 Å². The van der Waals surface area contributed by atoms with Crippen molar-refractivity contribution in [2.24, 2.45) is 0 Å². The smallest absolute Gasteiger partial charge is 0.206 e. The fourth-order valence-electron chi connectivity index (χ4n) is 2.03. The van der Waals surface area contributed by atoms with E-state index in [2.05, 4.69) is 15.5 Å². The Kier molecular flexibility index (Phi) is 6.32. The highest BCUT2D eigenvalue weighted by Gasteiger charge is 2.10. The Morgan fingerprint density at radius 1 is 1.32 bits per heavy atom. The Labute approximate surface area is 154 Å². The molecule has 0 unspecified atom stereocenters. The van der Waals surface area contributed by atoms with Gasteiger partial charge in [-0.15, -0.1) is 10.2 Å². The first-order valence-electron chi connectivity index (χ1n) is 7.79. The van der Waals surface area contributed by atoms with E-state index in [4.69, 9.17) is 9.15 Å². The largest absolute Gasteiger partial charge is 0.491 e. The molecule has 8 heteroatoms. The van der Waals surface area contributed by atoms with Crippen LogP contribution in [0.4, 0.5) is 5.13 Å². The van der Waals surface area contributed by atoms with Crippen LogP contribution in [-0.4, -0.2) is 33.8 Å². The molecule has 6 nitrogen and oxygen atoms in total. The minimum absolute atomic E-state index is 0.249. The molecule has 25 heavy (non-hydrogen) atoms. The van der Waals surface area contributed by atoms with Gasteiger partial charge in [-0.1, -0.05) is 35.2 Å². The quantitative estimate of drug-likeness (QED) is 0.552. The number of nitrogens with one attached hydrogen (secondary N) is 1. The van der Waals surface area contributed by atoms with Gasteiger partial charge in [0.15, 0.2) is 4.34 Å². The van der Waals surface area contributed by atoms with E-state index in [-0.39, 0.29) is 6.61 Å². The maximum atomic E-state index is 10.1. The third-order valence-corrected chi connectivity index (χ3v) is 5.39. The first-order valence-corrected chi connectivity index (χ1v) is 9.59. The molecule has 0 saturated carbocycles. The number of ether oxygens (including phenoxy) is 1. The molecule has 3 aromatic rings. The van der Waals surface area contributed by atoms with E-state index in [1.165, 1.54) is 23.1 Å². The van der Waals surface area contributed by atoms with Crippen LogP contribution < -0.4 is 10.1 Å². The van der Waals surface area contributed by atoms with Gasteiger partial charge in [0.1, 0.15) is 18.1 Å². The minimum atomic E-state index is -0.575. The number of benzene rings is 1. The number of furan rings is 1. The summed E-state index contributed by atoms with van der Waals surface area (Å²) in [5.41, 5.74) is 1.13. The van der Waals surface area contributed by atoms with E-state index in [1.807, 2.05) is 43.3 Å². The molecule has 0 aliphatic carbocycles. The van der Waals surface area contributed by atoms with Gasteiger partial charge in [0.2, 0.25) is 5.13 Å². The van der Waals surface area contributed by atoms with Gasteiger partial charge < -0.3 is 19.6 Å². The maximum Gasteiger partial charge on any atom is 0.206 e. The van der Waals surface area contributed by atoms with Gasteiger partial charge in [0, 0.05) is 5.75 Å². The topological polar surface area (TPSA) is 80.4 Å². The van der Waals surface area contributed by atoms with Crippen molar-refractivity contribution < 1.29 is 14.3 Å². The Hall–Kier alpha value is -2.03. The SMILES string of the molecule is Cc1cccc(OC[C@H](O)CSc2nnc(NCc3ccco3)s2)c1. The molecule has 3 rings (SSSR count). The van der Waals surface area contributed by atoms with Crippen molar-refractivity contribution in [2.75, 3.05) is 17.7 Å². The second-order valence-electron chi connectivity index (χ2n) is 5.40. The number of rotatable bonds is 9. The zero-order valence-electron chi connectivity index (χ0n) is 13.7. The Balaban J connectivity index is 1.39. The lowest BCUT2D eigenvalue weighted by atomic mass is 10.2. The normalized spacial score (nSPS) is 12.1. The zero-order valence-corrected chi connectivity index (χ0v) is 15.3. The molecule has 132 valence electrons. The maximum absolute atomic E-state index is 10.1. The Morgan fingerprint density at radius 2 is 2.24 bits per heavy atom. The van der Waals surface area contributed by atoms with Crippen molar-refractivity contribution >= 4 is 28.2 Å². The molecule has 0 bridgehead atoms. The highest BCUT2D eigenvalue weighted by molar-refractivity contribution is 8.01. The first kappa shape index (κ1) is 17.8. The molecule has 2 N–H and O–H groups in total. The molecule has 0 spiro atoms. The lowest BCUT2D eigenvalue weighted by Gasteiger charge is -2.11. The number of aliphatic hydroxyl groups excluding tert-OH is 1. The number of anilines is 1. The summed E-state index contributed by atoms with van der Waals surface area (Å²) in [6.45, 7) is 2.82. The summed E-state index contributed by atoms with van der Waals surface area (Å²) < 4.78 is 11.7. The highest BCUT2D eigenvalue weighted by Crippen LogP contribution is 2.26. The van der Waals surface area contributed by atoms with Crippen molar-refractivity contribution in [1.82, 2.24) is 10.2 Å². The molecule has 0 aliphatic rings.